The van der Waals surface area contributed by atoms with Crippen LogP contribution in [0.15, 0.2) is 34.7 Å². The summed E-state index contributed by atoms with van der Waals surface area (Å²) >= 11 is 0. The minimum absolute atomic E-state index is 0.183. The molecule has 1 aliphatic rings. The average Bonchev–Trinajstić information content (AvgIpc) is 3.05. The van der Waals surface area contributed by atoms with Crippen LogP contribution < -0.4 is 5.32 Å². The first-order valence-electron chi connectivity index (χ1n) is 9.12. The summed E-state index contributed by atoms with van der Waals surface area (Å²) < 4.78 is 5.29. The number of hydrogen-bond acceptors (Lipinski definition) is 6. The van der Waals surface area contributed by atoms with Crippen LogP contribution in [0.3, 0.4) is 0 Å². The molecule has 1 aliphatic heterocycles. The van der Waals surface area contributed by atoms with Gasteiger partial charge in [0.05, 0.1) is 6.54 Å². The van der Waals surface area contributed by atoms with Crippen molar-refractivity contribution >= 4 is 5.91 Å². The molecular formula is C19H26N4O3. The van der Waals surface area contributed by atoms with Gasteiger partial charge >= 0.3 is 0 Å². The molecule has 7 nitrogen and oxygen atoms in total. The fourth-order valence-corrected chi connectivity index (χ4v) is 3.35. The number of nitrogens with one attached hydrogen (secondary N) is 1. The number of carbonyl (C=O) groups excluding carboxylic acids is 1. The molecule has 26 heavy (non-hydrogen) atoms. The van der Waals surface area contributed by atoms with Gasteiger partial charge in [-0.3, -0.25) is 4.79 Å². The van der Waals surface area contributed by atoms with Gasteiger partial charge in [-0.25, -0.2) is 0 Å². The fourth-order valence-electron chi connectivity index (χ4n) is 3.35. The molecule has 1 aromatic carbocycles. The molecule has 7 heteroatoms. The van der Waals surface area contributed by atoms with E-state index < -0.39 is 5.60 Å². The van der Waals surface area contributed by atoms with Gasteiger partial charge in [0.2, 0.25) is 11.8 Å². The van der Waals surface area contributed by atoms with Gasteiger partial charge in [-0.05, 0) is 31.2 Å². The quantitative estimate of drug-likeness (QED) is 0.742. The average molecular weight is 358 g/mol. The van der Waals surface area contributed by atoms with Crippen LogP contribution in [0, 0.1) is 6.92 Å². The molecule has 1 aromatic heterocycles. The molecule has 1 fully saturated rings. The lowest BCUT2D eigenvalue weighted by molar-refractivity contribution is -0.156. The molecule has 2 aromatic rings. The van der Waals surface area contributed by atoms with Crippen LogP contribution >= 0.6 is 0 Å². The SMILES string of the molecule is Cc1nnc(CNC[C@]2(O)CCCN(CCCc3ccccc3)C2=O)o1. The lowest BCUT2D eigenvalue weighted by atomic mass is 9.91. The van der Waals surface area contributed by atoms with E-state index in [1.807, 2.05) is 18.2 Å². The number of piperidine rings is 1. The van der Waals surface area contributed by atoms with E-state index in [1.54, 1.807) is 11.8 Å². The Morgan fingerprint density at radius 1 is 1.31 bits per heavy atom. The molecule has 0 radical (unpaired) electrons. The Bertz CT molecular complexity index is 719. The second-order valence-electron chi connectivity index (χ2n) is 6.83. The molecule has 2 heterocycles. The summed E-state index contributed by atoms with van der Waals surface area (Å²) in [7, 11) is 0. The van der Waals surface area contributed by atoms with E-state index in [2.05, 4.69) is 27.6 Å². The zero-order valence-electron chi connectivity index (χ0n) is 15.1. The summed E-state index contributed by atoms with van der Waals surface area (Å²) in [6.07, 6.45) is 3.09. The molecule has 1 amide bonds. The van der Waals surface area contributed by atoms with Gasteiger partial charge in [-0.15, -0.1) is 10.2 Å². The summed E-state index contributed by atoms with van der Waals surface area (Å²) in [5.41, 5.74) is -0.0937. The van der Waals surface area contributed by atoms with Crippen LogP contribution in [0.1, 0.15) is 36.6 Å². The number of aromatic nitrogens is 2. The summed E-state index contributed by atoms with van der Waals surface area (Å²) in [6.45, 7) is 3.62. The Kier molecular flexibility index (Phi) is 6.00. The molecule has 0 spiro atoms. The third kappa shape index (κ3) is 4.68. The van der Waals surface area contributed by atoms with Crippen molar-refractivity contribution in [3.05, 3.63) is 47.7 Å². The van der Waals surface area contributed by atoms with Crippen molar-refractivity contribution < 1.29 is 14.3 Å². The Balaban J connectivity index is 1.47. The molecular weight excluding hydrogens is 332 g/mol. The predicted molar refractivity (Wildman–Crippen MR) is 96.3 cm³/mol. The van der Waals surface area contributed by atoms with E-state index >= 15 is 0 Å². The topological polar surface area (TPSA) is 91.5 Å². The highest BCUT2D eigenvalue weighted by Gasteiger charge is 2.41. The molecule has 0 saturated carbocycles. The molecule has 0 unspecified atom stereocenters. The van der Waals surface area contributed by atoms with Crippen molar-refractivity contribution in [3.63, 3.8) is 0 Å². The molecule has 140 valence electrons. The highest BCUT2D eigenvalue weighted by molar-refractivity contribution is 5.86. The Hall–Kier alpha value is -2.25. The lowest BCUT2D eigenvalue weighted by Gasteiger charge is -2.38. The Labute approximate surface area is 153 Å². The van der Waals surface area contributed by atoms with Gasteiger partial charge in [-0.1, -0.05) is 30.3 Å². The zero-order valence-corrected chi connectivity index (χ0v) is 15.1. The number of aryl methyl sites for hydroxylation is 2. The standard InChI is InChI=1S/C19H26N4O3/c1-15-21-22-17(26-15)13-20-14-19(25)10-6-12-23(18(19)24)11-5-9-16-7-3-2-4-8-16/h2-4,7-8,20,25H,5-6,9-14H2,1H3/t19-/m1/s1. The molecule has 0 bridgehead atoms. The number of nitrogens with zero attached hydrogens (tertiary/aromatic N) is 3. The first-order chi connectivity index (χ1) is 12.6. The van der Waals surface area contributed by atoms with Gasteiger partial charge in [-0.2, -0.15) is 0 Å². The number of amides is 1. The van der Waals surface area contributed by atoms with Crippen LogP contribution in [0.5, 0.6) is 0 Å². The van der Waals surface area contributed by atoms with E-state index in [0.29, 0.717) is 37.8 Å². The molecule has 1 atom stereocenters. The highest BCUT2D eigenvalue weighted by Crippen LogP contribution is 2.22. The maximum Gasteiger partial charge on any atom is 0.255 e. The van der Waals surface area contributed by atoms with E-state index in [9.17, 15) is 9.90 Å². The van der Waals surface area contributed by atoms with Gasteiger partial charge in [0.1, 0.15) is 0 Å². The summed E-state index contributed by atoms with van der Waals surface area (Å²) in [5, 5.41) is 21.5. The van der Waals surface area contributed by atoms with E-state index in [1.165, 1.54) is 5.56 Å². The van der Waals surface area contributed by atoms with Gasteiger partial charge < -0.3 is 19.7 Å². The van der Waals surface area contributed by atoms with Crippen LogP contribution in [0.25, 0.3) is 0 Å². The molecule has 3 rings (SSSR count). The smallest absolute Gasteiger partial charge is 0.255 e. The van der Waals surface area contributed by atoms with Gasteiger partial charge in [0.15, 0.2) is 5.60 Å². The third-order valence-electron chi connectivity index (χ3n) is 4.70. The Morgan fingerprint density at radius 2 is 2.12 bits per heavy atom. The predicted octanol–water partition coefficient (Wildman–Crippen LogP) is 1.45. The minimum Gasteiger partial charge on any atom is -0.424 e. The first-order valence-corrected chi connectivity index (χ1v) is 9.12. The largest absolute Gasteiger partial charge is 0.424 e. The zero-order chi connectivity index (χ0) is 18.4. The van der Waals surface area contributed by atoms with Gasteiger partial charge in [0, 0.05) is 26.6 Å². The summed E-state index contributed by atoms with van der Waals surface area (Å²) in [4.78, 5) is 14.5. The number of carbonyl (C=O) groups is 1. The number of hydrogen-bond donors (Lipinski definition) is 2. The number of aliphatic hydroxyl groups is 1. The second-order valence-corrected chi connectivity index (χ2v) is 6.83. The van der Waals surface area contributed by atoms with E-state index in [0.717, 1.165) is 19.3 Å². The third-order valence-corrected chi connectivity index (χ3v) is 4.70. The first kappa shape index (κ1) is 18.5. The van der Waals surface area contributed by atoms with Gasteiger partial charge in [0.25, 0.3) is 5.91 Å². The normalized spacial score (nSPS) is 20.5. The minimum atomic E-state index is -1.36. The van der Waals surface area contributed by atoms with Crippen LogP contribution in [-0.2, 0) is 17.8 Å². The maximum atomic E-state index is 12.7. The van der Waals surface area contributed by atoms with Crippen molar-refractivity contribution in [1.29, 1.82) is 0 Å². The lowest BCUT2D eigenvalue weighted by Crippen LogP contribution is -2.58. The molecule has 0 aliphatic carbocycles. The van der Waals surface area contributed by atoms with Crippen molar-refractivity contribution in [2.24, 2.45) is 0 Å². The maximum absolute atomic E-state index is 12.7. The van der Waals surface area contributed by atoms with Crippen molar-refractivity contribution in [2.45, 2.75) is 44.8 Å². The van der Waals surface area contributed by atoms with Crippen LogP contribution in [0.2, 0.25) is 0 Å². The monoisotopic (exact) mass is 358 g/mol. The number of rotatable bonds is 8. The van der Waals surface area contributed by atoms with Crippen molar-refractivity contribution in [1.82, 2.24) is 20.4 Å². The fraction of sp³-hybridized carbons (Fsp3) is 0.526. The second kappa shape index (κ2) is 8.42. The van der Waals surface area contributed by atoms with E-state index in [-0.39, 0.29) is 12.5 Å². The summed E-state index contributed by atoms with van der Waals surface area (Å²) in [5.74, 6) is 0.763. The van der Waals surface area contributed by atoms with Crippen molar-refractivity contribution in [2.75, 3.05) is 19.6 Å². The van der Waals surface area contributed by atoms with E-state index in [4.69, 9.17) is 4.42 Å². The molecule has 1 saturated heterocycles. The van der Waals surface area contributed by atoms with Crippen molar-refractivity contribution in [3.8, 4) is 0 Å². The van der Waals surface area contributed by atoms with Crippen LogP contribution in [-0.4, -0.2) is 51.3 Å². The summed E-state index contributed by atoms with van der Waals surface area (Å²) in [6, 6.07) is 10.2. The van der Waals surface area contributed by atoms with Crippen LogP contribution in [0.4, 0.5) is 0 Å². The number of likely N-dealkylation sites (tertiary alicyclic amines) is 1. The molecule has 2 N–H and O–H groups in total. The number of benzene rings is 1. The highest BCUT2D eigenvalue weighted by atomic mass is 16.4. The Morgan fingerprint density at radius 3 is 2.85 bits per heavy atom.